The van der Waals surface area contributed by atoms with Crippen LogP contribution in [0.2, 0.25) is 0 Å². The van der Waals surface area contributed by atoms with Crippen LogP contribution in [0.15, 0.2) is 48.5 Å². The molecule has 0 radical (unpaired) electrons. The molecule has 0 saturated carbocycles. The van der Waals surface area contributed by atoms with Crippen LogP contribution in [0.4, 0.5) is 5.69 Å². The van der Waals surface area contributed by atoms with Gasteiger partial charge in [-0.1, -0.05) is 24.3 Å². The number of rotatable bonds is 3. The second-order valence-electron chi connectivity index (χ2n) is 5.12. The van der Waals surface area contributed by atoms with E-state index in [-0.39, 0.29) is 11.9 Å². The van der Waals surface area contributed by atoms with E-state index in [1.54, 1.807) is 7.11 Å². The molecule has 0 saturated heterocycles. The minimum atomic E-state index is -0.193. The van der Waals surface area contributed by atoms with E-state index >= 15 is 0 Å². The smallest absolute Gasteiger partial charge is 0.241 e. The number of amides is 1. The monoisotopic (exact) mass is 282 g/mol. The van der Waals surface area contributed by atoms with Gasteiger partial charge in [0.25, 0.3) is 0 Å². The minimum absolute atomic E-state index is 0.00494. The molecule has 4 heteroatoms. The number of carbonyl (C=O) groups is 1. The maximum Gasteiger partial charge on any atom is 0.241 e. The second-order valence-corrected chi connectivity index (χ2v) is 5.12. The standard InChI is InChI=1S/C17H18N2O2/c1-21-15-8-6-14(7-9-15)19-17(20)16-10-12-4-2-3-5-13(12)11-18-16/h2-9,16,18H,10-11H2,1H3,(H,19,20). The van der Waals surface area contributed by atoms with Gasteiger partial charge >= 0.3 is 0 Å². The minimum Gasteiger partial charge on any atom is -0.497 e. The molecule has 1 amide bonds. The van der Waals surface area contributed by atoms with E-state index in [2.05, 4.69) is 22.8 Å². The Morgan fingerprint density at radius 2 is 1.86 bits per heavy atom. The van der Waals surface area contributed by atoms with Crippen LogP contribution in [0.1, 0.15) is 11.1 Å². The molecule has 0 spiro atoms. The van der Waals surface area contributed by atoms with Crippen molar-refractivity contribution in [3.63, 3.8) is 0 Å². The third-order valence-electron chi connectivity index (χ3n) is 3.76. The lowest BCUT2D eigenvalue weighted by molar-refractivity contribution is -0.118. The topological polar surface area (TPSA) is 50.4 Å². The fourth-order valence-corrected chi connectivity index (χ4v) is 2.54. The van der Waals surface area contributed by atoms with Gasteiger partial charge in [-0.3, -0.25) is 4.79 Å². The van der Waals surface area contributed by atoms with Gasteiger partial charge in [0.15, 0.2) is 0 Å². The maximum absolute atomic E-state index is 12.3. The zero-order valence-electron chi connectivity index (χ0n) is 11.9. The summed E-state index contributed by atoms with van der Waals surface area (Å²) in [7, 11) is 1.62. The molecule has 1 atom stereocenters. The molecule has 2 aromatic rings. The number of anilines is 1. The predicted octanol–water partition coefficient (Wildman–Crippen LogP) is 2.35. The third kappa shape index (κ3) is 3.06. The number of hydrogen-bond acceptors (Lipinski definition) is 3. The Hall–Kier alpha value is -2.33. The van der Waals surface area contributed by atoms with E-state index in [1.807, 2.05) is 36.4 Å². The van der Waals surface area contributed by atoms with Crippen molar-refractivity contribution in [2.24, 2.45) is 0 Å². The largest absolute Gasteiger partial charge is 0.497 e. The molecule has 21 heavy (non-hydrogen) atoms. The van der Waals surface area contributed by atoms with Crippen LogP contribution in [0.25, 0.3) is 0 Å². The van der Waals surface area contributed by atoms with Crippen LogP contribution >= 0.6 is 0 Å². The molecule has 2 aromatic carbocycles. The zero-order chi connectivity index (χ0) is 14.7. The summed E-state index contributed by atoms with van der Waals surface area (Å²) in [5.41, 5.74) is 3.29. The second kappa shape index (κ2) is 5.97. The number of nitrogens with one attached hydrogen (secondary N) is 2. The van der Waals surface area contributed by atoms with Gasteiger partial charge < -0.3 is 15.4 Å². The molecular formula is C17H18N2O2. The third-order valence-corrected chi connectivity index (χ3v) is 3.76. The van der Waals surface area contributed by atoms with E-state index in [9.17, 15) is 4.79 Å². The highest BCUT2D eigenvalue weighted by molar-refractivity contribution is 5.95. The first-order valence-electron chi connectivity index (χ1n) is 7.01. The summed E-state index contributed by atoms with van der Waals surface area (Å²) in [4.78, 5) is 12.3. The van der Waals surface area contributed by atoms with E-state index in [1.165, 1.54) is 11.1 Å². The van der Waals surface area contributed by atoms with E-state index in [0.29, 0.717) is 0 Å². The summed E-state index contributed by atoms with van der Waals surface area (Å²) in [6.07, 6.45) is 0.720. The Labute approximate surface area is 124 Å². The molecule has 0 bridgehead atoms. The first-order chi connectivity index (χ1) is 10.3. The van der Waals surface area contributed by atoms with Gasteiger partial charge in [-0.25, -0.2) is 0 Å². The molecule has 0 aromatic heterocycles. The van der Waals surface area contributed by atoms with E-state index in [0.717, 1.165) is 24.4 Å². The lowest BCUT2D eigenvalue weighted by atomic mass is 9.95. The maximum atomic E-state index is 12.3. The summed E-state index contributed by atoms with van der Waals surface area (Å²) in [5.74, 6) is 0.771. The van der Waals surface area contributed by atoms with Gasteiger partial charge in [-0.05, 0) is 41.8 Å². The molecule has 0 fully saturated rings. The normalized spacial score (nSPS) is 16.9. The number of ether oxygens (including phenoxy) is 1. The molecule has 1 aliphatic heterocycles. The van der Waals surface area contributed by atoms with Crippen molar-refractivity contribution in [1.82, 2.24) is 5.32 Å². The number of methoxy groups -OCH3 is 1. The van der Waals surface area contributed by atoms with E-state index in [4.69, 9.17) is 4.74 Å². The van der Waals surface area contributed by atoms with Crippen LogP contribution in [-0.2, 0) is 17.8 Å². The van der Waals surface area contributed by atoms with Crippen LogP contribution in [0.5, 0.6) is 5.75 Å². The SMILES string of the molecule is COc1ccc(NC(=O)C2Cc3ccccc3CN2)cc1. The van der Waals surface area contributed by atoms with Gasteiger partial charge in [0.1, 0.15) is 5.75 Å². The lowest BCUT2D eigenvalue weighted by Crippen LogP contribution is -2.44. The zero-order valence-corrected chi connectivity index (χ0v) is 11.9. The molecule has 108 valence electrons. The molecule has 2 N–H and O–H groups in total. The number of hydrogen-bond donors (Lipinski definition) is 2. The average molecular weight is 282 g/mol. The molecule has 4 nitrogen and oxygen atoms in total. The summed E-state index contributed by atoms with van der Waals surface area (Å²) >= 11 is 0. The Morgan fingerprint density at radius 1 is 1.14 bits per heavy atom. The highest BCUT2D eigenvalue weighted by Gasteiger charge is 2.23. The van der Waals surface area contributed by atoms with Crippen molar-refractivity contribution in [3.05, 3.63) is 59.7 Å². The van der Waals surface area contributed by atoms with Crippen LogP contribution in [0, 0.1) is 0 Å². The molecule has 1 heterocycles. The summed E-state index contributed by atoms with van der Waals surface area (Å²) in [6.45, 7) is 0.733. The van der Waals surface area contributed by atoms with Gasteiger partial charge in [-0.15, -0.1) is 0 Å². The Bertz CT molecular complexity index is 637. The van der Waals surface area contributed by atoms with Gasteiger partial charge in [0.05, 0.1) is 13.2 Å². The fraction of sp³-hybridized carbons (Fsp3) is 0.235. The van der Waals surface area contributed by atoms with Gasteiger partial charge in [0, 0.05) is 12.2 Å². The fourth-order valence-electron chi connectivity index (χ4n) is 2.54. The van der Waals surface area contributed by atoms with Crippen molar-refractivity contribution in [2.45, 2.75) is 19.0 Å². The summed E-state index contributed by atoms with van der Waals surface area (Å²) in [6, 6.07) is 15.4. The van der Waals surface area contributed by atoms with Crippen molar-refractivity contribution in [3.8, 4) is 5.75 Å². The van der Waals surface area contributed by atoms with Crippen LogP contribution in [-0.4, -0.2) is 19.1 Å². The Balaban J connectivity index is 1.66. The average Bonchev–Trinajstić information content (AvgIpc) is 2.55. The molecular weight excluding hydrogens is 264 g/mol. The van der Waals surface area contributed by atoms with Crippen molar-refractivity contribution in [2.75, 3.05) is 12.4 Å². The quantitative estimate of drug-likeness (QED) is 0.908. The van der Waals surface area contributed by atoms with Gasteiger partial charge in [0.2, 0.25) is 5.91 Å². The molecule has 1 aliphatic rings. The Kier molecular flexibility index (Phi) is 3.88. The van der Waals surface area contributed by atoms with Crippen molar-refractivity contribution in [1.29, 1.82) is 0 Å². The first-order valence-corrected chi connectivity index (χ1v) is 7.01. The van der Waals surface area contributed by atoms with Gasteiger partial charge in [-0.2, -0.15) is 0 Å². The molecule has 3 rings (SSSR count). The number of carbonyl (C=O) groups excluding carboxylic acids is 1. The van der Waals surface area contributed by atoms with E-state index < -0.39 is 0 Å². The van der Waals surface area contributed by atoms with Crippen LogP contribution < -0.4 is 15.4 Å². The summed E-state index contributed by atoms with van der Waals surface area (Å²) < 4.78 is 5.10. The highest BCUT2D eigenvalue weighted by Crippen LogP contribution is 2.18. The summed E-state index contributed by atoms with van der Waals surface area (Å²) in [5, 5.41) is 6.22. The predicted molar refractivity (Wildman–Crippen MR) is 82.4 cm³/mol. The molecule has 1 unspecified atom stereocenters. The number of fused-ring (bicyclic) bond motifs is 1. The van der Waals surface area contributed by atoms with Crippen LogP contribution in [0.3, 0.4) is 0 Å². The van der Waals surface area contributed by atoms with Crippen molar-refractivity contribution < 1.29 is 9.53 Å². The lowest BCUT2D eigenvalue weighted by Gasteiger charge is -2.25. The molecule has 0 aliphatic carbocycles. The van der Waals surface area contributed by atoms with Crippen molar-refractivity contribution >= 4 is 11.6 Å². The highest BCUT2D eigenvalue weighted by atomic mass is 16.5. The number of benzene rings is 2. The Morgan fingerprint density at radius 3 is 2.57 bits per heavy atom. The first kappa shape index (κ1) is 13.6.